The van der Waals surface area contributed by atoms with Gasteiger partial charge in [0.2, 0.25) is 0 Å². The van der Waals surface area contributed by atoms with E-state index in [2.05, 4.69) is 10.6 Å². The van der Waals surface area contributed by atoms with E-state index >= 15 is 0 Å². The second-order valence-electron chi connectivity index (χ2n) is 6.56. The number of likely N-dealkylation sites (N-methyl/N-ethyl adjacent to an activating group) is 1. The molecule has 2 N–H and O–H groups in total. The highest BCUT2D eigenvalue weighted by Crippen LogP contribution is 2.34. The van der Waals surface area contributed by atoms with E-state index in [1.54, 1.807) is 29.2 Å². The highest BCUT2D eigenvalue weighted by molar-refractivity contribution is 6.08. The molecule has 0 spiro atoms. The number of anilines is 1. The number of benzene rings is 1. The highest BCUT2D eigenvalue weighted by Gasteiger charge is 2.27. The number of carbonyl (C=O) groups excluding carboxylic acids is 2. The molecule has 1 aliphatic heterocycles. The molecule has 1 unspecified atom stereocenters. The summed E-state index contributed by atoms with van der Waals surface area (Å²) in [6.45, 7) is 1.27. The van der Waals surface area contributed by atoms with Gasteiger partial charge in [-0.05, 0) is 38.1 Å². The fourth-order valence-corrected chi connectivity index (χ4v) is 3.32. The zero-order valence-corrected chi connectivity index (χ0v) is 17.5. The summed E-state index contributed by atoms with van der Waals surface area (Å²) in [5.74, 6) is 0.375. The number of likely N-dealkylation sites (tertiary alicyclic amines) is 1. The molecule has 2 amide bonds. The molecule has 1 aromatic heterocycles. The molecule has 158 valence electrons. The van der Waals surface area contributed by atoms with Gasteiger partial charge in [-0.25, -0.2) is 0 Å². The average Bonchev–Trinajstić information content (AvgIpc) is 3.28. The number of rotatable bonds is 6. The van der Waals surface area contributed by atoms with Gasteiger partial charge in [0, 0.05) is 25.2 Å². The Balaban J connectivity index is 0.00000300. The van der Waals surface area contributed by atoms with Crippen LogP contribution in [-0.4, -0.2) is 57.1 Å². The molecule has 1 aromatic carbocycles. The largest absolute Gasteiger partial charge is 0.493 e. The third-order valence-corrected chi connectivity index (χ3v) is 4.86. The van der Waals surface area contributed by atoms with E-state index in [1.165, 1.54) is 20.5 Å². The van der Waals surface area contributed by atoms with Gasteiger partial charge in [0.1, 0.15) is 0 Å². The topological polar surface area (TPSA) is 93.0 Å². The van der Waals surface area contributed by atoms with E-state index in [0.29, 0.717) is 35.8 Å². The van der Waals surface area contributed by atoms with Crippen LogP contribution in [0.2, 0.25) is 0 Å². The van der Waals surface area contributed by atoms with Crippen LogP contribution < -0.4 is 20.1 Å². The first-order chi connectivity index (χ1) is 13.6. The van der Waals surface area contributed by atoms with Gasteiger partial charge in [-0.2, -0.15) is 0 Å². The van der Waals surface area contributed by atoms with Crippen LogP contribution in [0.1, 0.15) is 33.8 Å². The van der Waals surface area contributed by atoms with E-state index in [4.69, 9.17) is 13.9 Å². The van der Waals surface area contributed by atoms with Crippen molar-refractivity contribution >= 4 is 29.9 Å². The third kappa shape index (κ3) is 5.02. The Morgan fingerprint density at radius 1 is 1.21 bits per heavy atom. The van der Waals surface area contributed by atoms with Crippen LogP contribution in [0.5, 0.6) is 11.5 Å². The number of hydrogen-bond donors (Lipinski definition) is 2. The number of carbonyl (C=O) groups is 2. The van der Waals surface area contributed by atoms with Gasteiger partial charge < -0.3 is 29.4 Å². The van der Waals surface area contributed by atoms with Crippen molar-refractivity contribution in [1.29, 1.82) is 0 Å². The second-order valence-corrected chi connectivity index (χ2v) is 6.56. The Bertz CT molecular complexity index is 841. The van der Waals surface area contributed by atoms with Crippen molar-refractivity contribution in [3.8, 4) is 11.5 Å². The number of amides is 2. The van der Waals surface area contributed by atoms with Gasteiger partial charge in [-0.3, -0.25) is 9.59 Å². The van der Waals surface area contributed by atoms with Crippen molar-refractivity contribution in [2.24, 2.45) is 0 Å². The van der Waals surface area contributed by atoms with Crippen LogP contribution in [0.3, 0.4) is 0 Å². The van der Waals surface area contributed by atoms with Crippen LogP contribution in [0, 0.1) is 0 Å². The predicted molar refractivity (Wildman–Crippen MR) is 111 cm³/mol. The second kappa shape index (κ2) is 10.2. The molecule has 1 fully saturated rings. The summed E-state index contributed by atoms with van der Waals surface area (Å²) in [5.41, 5.74) is 0.685. The highest BCUT2D eigenvalue weighted by atomic mass is 35.5. The zero-order valence-electron chi connectivity index (χ0n) is 16.7. The smallest absolute Gasteiger partial charge is 0.291 e. The van der Waals surface area contributed by atoms with Crippen LogP contribution >= 0.6 is 12.4 Å². The van der Waals surface area contributed by atoms with E-state index in [-0.39, 0.29) is 30.1 Å². The first-order valence-corrected chi connectivity index (χ1v) is 9.14. The number of nitrogens with one attached hydrogen (secondary N) is 2. The van der Waals surface area contributed by atoms with E-state index < -0.39 is 5.91 Å². The summed E-state index contributed by atoms with van der Waals surface area (Å²) >= 11 is 0. The van der Waals surface area contributed by atoms with Gasteiger partial charge in [-0.1, -0.05) is 0 Å². The van der Waals surface area contributed by atoms with Crippen molar-refractivity contribution < 1.29 is 23.5 Å². The van der Waals surface area contributed by atoms with Crippen LogP contribution in [0.15, 0.2) is 34.9 Å². The number of nitrogens with zero attached hydrogens (tertiary/aromatic N) is 1. The number of hydrogen-bond acceptors (Lipinski definition) is 6. The molecular formula is C20H26ClN3O5. The normalized spacial score (nSPS) is 16.0. The lowest BCUT2D eigenvalue weighted by Gasteiger charge is -2.33. The summed E-state index contributed by atoms with van der Waals surface area (Å²) in [7, 11) is 4.90. The minimum absolute atomic E-state index is 0. The number of ether oxygens (including phenoxy) is 2. The molecule has 0 bridgehead atoms. The standard InChI is InChI=1S/C20H25N3O5.ClH/c1-21-13-6-4-8-23(12-13)20(25)14-10-17(26-2)18(27-3)11-15(14)22-19(24)16-7-5-9-28-16;/h5,7,9-11,13,21H,4,6,8,12H2,1-3H3,(H,22,24);1H. The molecular weight excluding hydrogens is 398 g/mol. The molecule has 9 heteroatoms. The fraction of sp³-hybridized carbons (Fsp3) is 0.400. The monoisotopic (exact) mass is 423 g/mol. The summed E-state index contributed by atoms with van der Waals surface area (Å²) in [5, 5.41) is 5.98. The first-order valence-electron chi connectivity index (χ1n) is 9.14. The average molecular weight is 424 g/mol. The Labute approximate surface area is 175 Å². The minimum atomic E-state index is -0.446. The summed E-state index contributed by atoms with van der Waals surface area (Å²) < 4.78 is 15.8. The lowest BCUT2D eigenvalue weighted by molar-refractivity contribution is 0.0699. The Morgan fingerprint density at radius 3 is 2.55 bits per heavy atom. The van der Waals surface area contributed by atoms with Crippen molar-refractivity contribution in [3.63, 3.8) is 0 Å². The zero-order chi connectivity index (χ0) is 20.1. The molecule has 3 rings (SSSR count). The summed E-state index contributed by atoms with van der Waals surface area (Å²) in [4.78, 5) is 27.5. The number of halogens is 1. The van der Waals surface area contributed by atoms with Crippen molar-refractivity contribution in [1.82, 2.24) is 10.2 Å². The molecule has 2 aromatic rings. The SMILES string of the molecule is CNC1CCCN(C(=O)c2cc(OC)c(OC)cc2NC(=O)c2ccco2)C1.Cl. The Morgan fingerprint density at radius 2 is 1.93 bits per heavy atom. The molecule has 0 saturated carbocycles. The predicted octanol–water partition coefficient (Wildman–Crippen LogP) is 2.79. The Kier molecular flexibility index (Phi) is 7.92. The van der Waals surface area contributed by atoms with Gasteiger partial charge in [0.25, 0.3) is 11.8 Å². The summed E-state index contributed by atoms with van der Waals surface area (Å²) in [6, 6.07) is 6.62. The van der Waals surface area contributed by atoms with Crippen LogP contribution in [-0.2, 0) is 0 Å². The first kappa shape index (κ1) is 22.6. The summed E-state index contributed by atoms with van der Waals surface area (Å²) in [6.07, 6.45) is 3.36. The van der Waals surface area contributed by atoms with E-state index in [1.807, 2.05) is 7.05 Å². The molecule has 1 aliphatic rings. The molecule has 8 nitrogen and oxygen atoms in total. The van der Waals surface area contributed by atoms with E-state index in [0.717, 1.165) is 12.8 Å². The van der Waals surface area contributed by atoms with E-state index in [9.17, 15) is 9.59 Å². The molecule has 29 heavy (non-hydrogen) atoms. The van der Waals surface area contributed by atoms with Gasteiger partial charge in [-0.15, -0.1) is 12.4 Å². The van der Waals surface area contributed by atoms with Crippen molar-refractivity contribution in [2.45, 2.75) is 18.9 Å². The Hall–Kier alpha value is -2.71. The maximum Gasteiger partial charge on any atom is 0.291 e. The number of furan rings is 1. The lowest BCUT2D eigenvalue weighted by Crippen LogP contribution is -2.47. The van der Waals surface area contributed by atoms with Crippen LogP contribution in [0.25, 0.3) is 0 Å². The molecule has 2 heterocycles. The van der Waals surface area contributed by atoms with Gasteiger partial charge in [0.15, 0.2) is 17.3 Å². The van der Waals surface area contributed by atoms with Gasteiger partial charge in [0.05, 0.1) is 31.7 Å². The maximum absolute atomic E-state index is 13.2. The molecule has 1 atom stereocenters. The third-order valence-electron chi connectivity index (χ3n) is 4.86. The number of piperidine rings is 1. The molecule has 0 aliphatic carbocycles. The quantitative estimate of drug-likeness (QED) is 0.742. The lowest BCUT2D eigenvalue weighted by atomic mass is 10.0. The van der Waals surface area contributed by atoms with Crippen LogP contribution in [0.4, 0.5) is 5.69 Å². The molecule has 0 radical (unpaired) electrons. The van der Waals surface area contributed by atoms with Gasteiger partial charge >= 0.3 is 0 Å². The minimum Gasteiger partial charge on any atom is -0.493 e. The maximum atomic E-state index is 13.2. The fourth-order valence-electron chi connectivity index (χ4n) is 3.32. The van der Waals surface area contributed by atoms with Crippen molar-refractivity contribution in [2.75, 3.05) is 39.7 Å². The molecule has 1 saturated heterocycles. The number of methoxy groups -OCH3 is 2. The van der Waals surface area contributed by atoms with Crippen molar-refractivity contribution in [3.05, 3.63) is 41.9 Å².